The molecule has 1 N–H and O–H groups in total. The summed E-state index contributed by atoms with van der Waals surface area (Å²) in [7, 11) is 0. The zero-order chi connectivity index (χ0) is 10.7. The Labute approximate surface area is 110 Å². The van der Waals surface area contributed by atoms with Gasteiger partial charge in [-0.15, -0.1) is 12.4 Å². The minimum atomic E-state index is 0. The van der Waals surface area contributed by atoms with Crippen LogP contribution in [0.15, 0.2) is 23.2 Å². The second-order valence-electron chi connectivity index (χ2n) is 3.12. The van der Waals surface area contributed by atoms with Crippen molar-refractivity contribution in [3.63, 3.8) is 0 Å². The minimum absolute atomic E-state index is 0. The average Bonchev–Trinajstić information content (AvgIpc) is 2.73. The number of rotatable bonds is 3. The third kappa shape index (κ3) is 3.44. The molecule has 88 valence electrons. The number of nitrogens with one attached hydrogen (secondary N) is 1. The van der Waals surface area contributed by atoms with Crippen molar-refractivity contribution < 1.29 is 4.74 Å². The molecule has 0 aromatic heterocycles. The van der Waals surface area contributed by atoms with Crippen molar-refractivity contribution in [1.82, 2.24) is 5.32 Å². The lowest BCUT2D eigenvalue weighted by Crippen LogP contribution is -2.24. The van der Waals surface area contributed by atoms with Gasteiger partial charge in [0.05, 0.1) is 16.6 Å². The molecule has 1 heterocycles. The number of nitrogens with zero attached hydrogens (tertiary/aromatic N) is 1. The zero-order valence-corrected chi connectivity index (χ0v) is 10.7. The predicted octanol–water partition coefficient (Wildman–Crippen LogP) is 2.80. The van der Waals surface area contributed by atoms with Crippen molar-refractivity contribution in [1.29, 1.82) is 0 Å². The molecule has 1 aromatic rings. The molecule has 0 unspecified atom stereocenters. The first kappa shape index (κ1) is 13.4. The molecule has 0 amide bonds. The zero-order valence-electron chi connectivity index (χ0n) is 8.37. The van der Waals surface area contributed by atoms with E-state index >= 15 is 0 Å². The van der Waals surface area contributed by atoms with Gasteiger partial charge in [-0.05, 0) is 12.1 Å². The molecule has 3 nitrogen and oxygen atoms in total. The van der Waals surface area contributed by atoms with E-state index in [0.717, 1.165) is 18.9 Å². The average molecular weight is 282 g/mol. The number of hydrogen-bond donors (Lipinski definition) is 1. The Morgan fingerprint density at radius 3 is 2.75 bits per heavy atom. The molecule has 0 radical (unpaired) electrons. The fourth-order valence-electron chi connectivity index (χ4n) is 1.26. The van der Waals surface area contributed by atoms with Crippen LogP contribution in [-0.4, -0.2) is 25.5 Å². The standard InChI is InChI=1S/C10H10Cl2N2O.ClH/c11-8-2-1-7(5-9(8)12)15-6-10-13-3-4-14-10;/h1-2,5H,3-4,6H2,(H,13,14);1H. The quantitative estimate of drug-likeness (QED) is 0.924. The van der Waals surface area contributed by atoms with E-state index in [4.69, 9.17) is 27.9 Å². The van der Waals surface area contributed by atoms with Crippen molar-refractivity contribution in [2.75, 3.05) is 19.7 Å². The molecule has 2 rings (SSSR count). The topological polar surface area (TPSA) is 33.6 Å². The summed E-state index contributed by atoms with van der Waals surface area (Å²) in [6.07, 6.45) is 0. The maximum atomic E-state index is 5.85. The summed E-state index contributed by atoms with van der Waals surface area (Å²) in [5.74, 6) is 1.57. The van der Waals surface area contributed by atoms with Gasteiger partial charge < -0.3 is 10.1 Å². The Balaban J connectivity index is 0.00000128. The van der Waals surface area contributed by atoms with Gasteiger partial charge in [-0.2, -0.15) is 0 Å². The number of ether oxygens (including phenoxy) is 1. The van der Waals surface area contributed by atoms with Crippen molar-refractivity contribution in [3.8, 4) is 5.75 Å². The van der Waals surface area contributed by atoms with Crippen molar-refractivity contribution in [2.45, 2.75) is 0 Å². The summed E-state index contributed by atoms with van der Waals surface area (Å²) < 4.78 is 5.49. The molecular weight excluding hydrogens is 270 g/mol. The minimum Gasteiger partial charge on any atom is -0.486 e. The van der Waals surface area contributed by atoms with Gasteiger partial charge in [0.25, 0.3) is 0 Å². The van der Waals surface area contributed by atoms with Crippen LogP contribution in [0, 0.1) is 0 Å². The van der Waals surface area contributed by atoms with Crippen LogP contribution in [0.3, 0.4) is 0 Å². The van der Waals surface area contributed by atoms with Gasteiger partial charge >= 0.3 is 0 Å². The summed E-state index contributed by atoms with van der Waals surface area (Å²) in [4.78, 5) is 4.21. The monoisotopic (exact) mass is 280 g/mol. The van der Waals surface area contributed by atoms with Gasteiger partial charge in [0.2, 0.25) is 0 Å². The number of benzene rings is 1. The fourth-order valence-corrected chi connectivity index (χ4v) is 1.55. The predicted molar refractivity (Wildman–Crippen MR) is 69.5 cm³/mol. The van der Waals surface area contributed by atoms with Crippen LogP contribution in [0.5, 0.6) is 5.75 Å². The molecule has 1 aliphatic heterocycles. The Kier molecular flexibility index (Phi) is 5.19. The molecule has 1 aliphatic rings. The first-order valence-corrected chi connectivity index (χ1v) is 5.36. The van der Waals surface area contributed by atoms with E-state index in [-0.39, 0.29) is 12.4 Å². The Hall–Kier alpha value is -0.640. The van der Waals surface area contributed by atoms with Crippen LogP contribution in [0.25, 0.3) is 0 Å². The van der Waals surface area contributed by atoms with Gasteiger partial charge in [0.15, 0.2) is 0 Å². The molecule has 0 spiro atoms. The second kappa shape index (κ2) is 6.18. The fraction of sp³-hybridized carbons (Fsp3) is 0.300. The largest absolute Gasteiger partial charge is 0.486 e. The summed E-state index contributed by atoms with van der Waals surface area (Å²) in [5, 5.41) is 4.14. The van der Waals surface area contributed by atoms with E-state index in [1.165, 1.54) is 0 Å². The van der Waals surface area contributed by atoms with Crippen LogP contribution in [-0.2, 0) is 0 Å². The lowest BCUT2D eigenvalue weighted by Gasteiger charge is -2.07. The molecule has 0 fully saturated rings. The molecule has 1 aromatic carbocycles. The highest BCUT2D eigenvalue weighted by Crippen LogP contribution is 2.26. The van der Waals surface area contributed by atoms with Crippen LogP contribution in [0.2, 0.25) is 10.0 Å². The molecule has 0 bridgehead atoms. The van der Waals surface area contributed by atoms with Crippen molar-refractivity contribution >= 4 is 41.4 Å². The van der Waals surface area contributed by atoms with Crippen LogP contribution >= 0.6 is 35.6 Å². The van der Waals surface area contributed by atoms with Gasteiger partial charge in [-0.1, -0.05) is 23.2 Å². The summed E-state index contributed by atoms with van der Waals surface area (Å²) >= 11 is 11.6. The van der Waals surface area contributed by atoms with Gasteiger partial charge in [0.1, 0.15) is 18.2 Å². The summed E-state index contributed by atoms with van der Waals surface area (Å²) in [5.41, 5.74) is 0. The van der Waals surface area contributed by atoms with E-state index in [0.29, 0.717) is 22.4 Å². The third-order valence-corrected chi connectivity index (χ3v) is 2.75. The normalized spacial score (nSPS) is 13.8. The van der Waals surface area contributed by atoms with Crippen molar-refractivity contribution in [3.05, 3.63) is 28.2 Å². The summed E-state index contributed by atoms with van der Waals surface area (Å²) in [6, 6.07) is 5.19. The molecule has 0 saturated heterocycles. The SMILES string of the molecule is Cl.Clc1ccc(OCC2=NCCN2)cc1Cl. The molecular formula is C10H11Cl3N2O. The third-order valence-electron chi connectivity index (χ3n) is 2.01. The lowest BCUT2D eigenvalue weighted by molar-refractivity contribution is 0.373. The van der Waals surface area contributed by atoms with E-state index in [1.54, 1.807) is 18.2 Å². The molecule has 0 atom stereocenters. The first-order valence-electron chi connectivity index (χ1n) is 4.61. The highest BCUT2D eigenvalue weighted by molar-refractivity contribution is 6.42. The summed E-state index contributed by atoms with van der Waals surface area (Å²) in [6.45, 7) is 2.15. The van der Waals surface area contributed by atoms with Crippen LogP contribution < -0.4 is 10.1 Å². The van der Waals surface area contributed by atoms with Gasteiger partial charge in [0, 0.05) is 12.6 Å². The lowest BCUT2D eigenvalue weighted by atomic mass is 10.3. The molecule has 0 saturated carbocycles. The van der Waals surface area contributed by atoms with Gasteiger partial charge in [-0.3, -0.25) is 4.99 Å². The number of amidine groups is 1. The highest BCUT2D eigenvalue weighted by Gasteiger charge is 2.06. The maximum Gasteiger partial charge on any atom is 0.145 e. The smallest absolute Gasteiger partial charge is 0.145 e. The molecule has 16 heavy (non-hydrogen) atoms. The van der Waals surface area contributed by atoms with Gasteiger partial charge in [-0.25, -0.2) is 0 Å². The highest BCUT2D eigenvalue weighted by atomic mass is 35.5. The number of hydrogen-bond acceptors (Lipinski definition) is 3. The van der Waals surface area contributed by atoms with Crippen LogP contribution in [0.1, 0.15) is 0 Å². The van der Waals surface area contributed by atoms with Crippen LogP contribution in [0.4, 0.5) is 0 Å². The molecule has 6 heteroatoms. The second-order valence-corrected chi connectivity index (χ2v) is 3.93. The van der Waals surface area contributed by atoms with E-state index in [1.807, 2.05) is 0 Å². The van der Waals surface area contributed by atoms with E-state index in [9.17, 15) is 0 Å². The number of halogens is 3. The Morgan fingerprint density at radius 1 is 1.31 bits per heavy atom. The number of aliphatic imine (C=N–C) groups is 1. The molecule has 0 aliphatic carbocycles. The van der Waals surface area contributed by atoms with E-state index < -0.39 is 0 Å². The Morgan fingerprint density at radius 2 is 2.12 bits per heavy atom. The first-order chi connectivity index (χ1) is 7.25. The van der Waals surface area contributed by atoms with E-state index in [2.05, 4.69) is 10.3 Å². The van der Waals surface area contributed by atoms with Crippen molar-refractivity contribution in [2.24, 2.45) is 4.99 Å². The maximum absolute atomic E-state index is 5.85. The Bertz CT molecular complexity index is 396.